The van der Waals surface area contributed by atoms with Gasteiger partial charge in [0.05, 0.1) is 42.6 Å². The zero-order valence-electron chi connectivity index (χ0n) is 22.0. The highest BCUT2D eigenvalue weighted by atomic mass is 16.5. The van der Waals surface area contributed by atoms with Crippen LogP contribution in [-0.2, 0) is 18.0 Å². The van der Waals surface area contributed by atoms with Crippen molar-refractivity contribution in [2.75, 3.05) is 26.9 Å². The van der Waals surface area contributed by atoms with Crippen LogP contribution >= 0.6 is 0 Å². The highest BCUT2D eigenvalue weighted by Crippen LogP contribution is 2.50. The summed E-state index contributed by atoms with van der Waals surface area (Å²) in [6, 6.07) is 9.27. The lowest BCUT2D eigenvalue weighted by atomic mass is 9.87. The van der Waals surface area contributed by atoms with Crippen molar-refractivity contribution in [3.8, 4) is 45.1 Å². The predicted molar refractivity (Wildman–Crippen MR) is 146 cm³/mol. The summed E-state index contributed by atoms with van der Waals surface area (Å²) in [5, 5.41) is 3.52. The van der Waals surface area contributed by atoms with Crippen LogP contribution in [0.25, 0.3) is 33.6 Å². The number of nitrogens with zero attached hydrogens (tertiary/aromatic N) is 3. The first-order valence-corrected chi connectivity index (χ1v) is 13.9. The Balaban J connectivity index is 1.12. The monoisotopic (exact) mass is 524 g/mol. The maximum atomic E-state index is 6.36. The van der Waals surface area contributed by atoms with Crippen molar-refractivity contribution in [1.29, 1.82) is 0 Å². The quantitative estimate of drug-likeness (QED) is 0.323. The molecule has 2 fully saturated rings. The van der Waals surface area contributed by atoms with Crippen molar-refractivity contribution in [1.82, 2.24) is 30.2 Å². The van der Waals surface area contributed by atoms with Gasteiger partial charge < -0.3 is 29.5 Å². The first kappa shape index (κ1) is 23.2. The Kier molecular flexibility index (Phi) is 5.50. The van der Waals surface area contributed by atoms with Crippen molar-refractivity contribution < 1.29 is 14.2 Å². The number of nitrogens with one attached hydrogen (secondary N) is 3. The molecule has 0 amide bonds. The fourth-order valence-electron chi connectivity index (χ4n) is 6.68. The molecule has 9 nitrogen and oxygen atoms in total. The predicted octanol–water partition coefficient (Wildman–Crippen LogP) is 5.08. The van der Waals surface area contributed by atoms with E-state index in [0.717, 1.165) is 100 Å². The smallest absolute Gasteiger partial charge is 0.128 e. The van der Waals surface area contributed by atoms with Gasteiger partial charge in [-0.2, -0.15) is 0 Å². The lowest BCUT2D eigenvalue weighted by molar-refractivity contribution is 0.0525. The van der Waals surface area contributed by atoms with Crippen LogP contribution in [0.3, 0.4) is 0 Å². The van der Waals surface area contributed by atoms with Gasteiger partial charge >= 0.3 is 0 Å². The highest BCUT2D eigenvalue weighted by molar-refractivity contribution is 5.88. The summed E-state index contributed by atoms with van der Waals surface area (Å²) in [4.78, 5) is 18.9. The second kappa shape index (κ2) is 9.22. The van der Waals surface area contributed by atoms with Crippen molar-refractivity contribution in [3.63, 3.8) is 0 Å². The van der Waals surface area contributed by atoms with Crippen molar-refractivity contribution >= 4 is 0 Å². The third-order valence-corrected chi connectivity index (χ3v) is 8.56. The van der Waals surface area contributed by atoms with E-state index in [2.05, 4.69) is 49.4 Å². The number of likely N-dealkylation sites (tertiary alicyclic amines) is 1. The van der Waals surface area contributed by atoms with Gasteiger partial charge in [0.1, 0.15) is 36.4 Å². The first-order valence-electron chi connectivity index (χ1n) is 13.9. The zero-order chi connectivity index (χ0) is 25.9. The number of aromatic nitrogens is 4. The van der Waals surface area contributed by atoms with Crippen LogP contribution in [0, 0.1) is 0 Å². The molecule has 6 heterocycles. The summed E-state index contributed by atoms with van der Waals surface area (Å²) in [5.41, 5.74) is 8.72. The van der Waals surface area contributed by atoms with Crippen LogP contribution in [-0.4, -0.2) is 51.8 Å². The van der Waals surface area contributed by atoms with Crippen LogP contribution < -0.4 is 14.8 Å². The van der Waals surface area contributed by atoms with Gasteiger partial charge in [0, 0.05) is 47.0 Å². The van der Waals surface area contributed by atoms with Gasteiger partial charge in [0.2, 0.25) is 0 Å². The second-order valence-electron chi connectivity index (χ2n) is 11.0. The van der Waals surface area contributed by atoms with E-state index in [4.69, 9.17) is 19.2 Å². The molecule has 2 aromatic carbocycles. The van der Waals surface area contributed by atoms with Crippen molar-refractivity contribution in [3.05, 3.63) is 59.4 Å². The van der Waals surface area contributed by atoms with E-state index in [1.807, 2.05) is 12.4 Å². The molecule has 4 aliphatic rings. The standard InChI is InChI=1S/C30H32N6O3/c1-37-16-36-7-3-5-24(36)30-33-13-23(35-30)18-9-20-15-38-25-10-17(8-19-14-39-26(11-18)28(20)27(19)25)22-12-32-29(34-22)21-4-2-6-31-21/h8-13,21,24,31H,2-7,14-16H2,1H3,(H,32,34)(H,33,35)/t21-,24-/m0/s1. The summed E-state index contributed by atoms with van der Waals surface area (Å²) < 4.78 is 18.1. The van der Waals surface area contributed by atoms with E-state index < -0.39 is 0 Å². The number of imidazole rings is 2. The van der Waals surface area contributed by atoms with Gasteiger partial charge in [-0.1, -0.05) is 0 Å². The molecule has 3 N–H and O–H groups in total. The highest BCUT2D eigenvalue weighted by Gasteiger charge is 2.31. The summed E-state index contributed by atoms with van der Waals surface area (Å²) in [6.07, 6.45) is 8.41. The Bertz CT molecular complexity index is 1500. The van der Waals surface area contributed by atoms with E-state index in [1.165, 1.54) is 6.42 Å². The number of H-pyrrole nitrogens is 2. The Hall–Kier alpha value is -3.66. The second-order valence-corrected chi connectivity index (χ2v) is 11.0. The van der Waals surface area contributed by atoms with Gasteiger partial charge in [-0.05, 0) is 56.5 Å². The maximum absolute atomic E-state index is 6.36. The van der Waals surface area contributed by atoms with Crippen LogP contribution in [0.4, 0.5) is 0 Å². The third-order valence-electron chi connectivity index (χ3n) is 8.56. The summed E-state index contributed by atoms with van der Waals surface area (Å²) in [7, 11) is 1.75. The van der Waals surface area contributed by atoms with Crippen molar-refractivity contribution in [2.24, 2.45) is 0 Å². The van der Waals surface area contributed by atoms with Crippen molar-refractivity contribution in [2.45, 2.75) is 51.0 Å². The van der Waals surface area contributed by atoms with Gasteiger partial charge in [-0.25, -0.2) is 9.97 Å². The molecule has 4 aromatic rings. The fraction of sp³-hybridized carbons (Fsp3) is 0.400. The summed E-state index contributed by atoms with van der Waals surface area (Å²) in [6.45, 7) is 3.71. The number of aromatic amines is 2. The lowest BCUT2D eigenvalue weighted by Crippen LogP contribution is -2.26. The molecule has 2 aromatic heterocycles. The molecule has 2 atom stereocenters. The number of rotatable bonds is 6. The minimum Gasteiger partial charge on any atom is -0.488 e. The van der Waals surface area contributed by atoms with E-state index >= 15 is 0 Å². The van der Waals surface area contributed by atoms with Gasteiger partial charge in [0.15, 0.2) is 0 Å². The van der Waals surface area contributed by atoms with E-state index in [-0.39, 0.29) is 6.04 Å². The molecule has 0 saturated carbocycles. The molecular formula is C30H32N6O3. The molecule has 2 saturated heterocycles. The van der Waals surface area contributed by atoms with Crippen LogP contribution in [0.2, 0.25) is 0 Å². The topological polar surface area (TPSA) is 100 Å². The van der Waals surface area contributed by atoms with Gasteiger partial charge in [-0.15, -0.1) is 0 Å². The molecule has 0 radical (unpaired) electrons. The van der Waals surface area contributed by atoms with Crippen LogP contribution in [0.15, 0.2) is 36.7 Å². The third kappa shape index (κ3) is 3.87. The number of methoxy groups -OCH3 is 1. The number of hydrogen-bond acceptors (Lipinski definition) is 7. The SMILES string of the molecule is COCN1CCC[C@H]1c1ncc(-c2cc3c4c(c2)OCc2cc(-c5cnc([C@@H]6CCCN6)[nH]5)cc(c2-4)OC3)[nH]1. The summed E-state index contributed by atoms with van der Waals surface area (Å²) in [5.74, 6) is 3.81. The molecule has 0 unspecified atom stereocenters. The Morgan fingerprint density at radius 3 is 2.18 bits per heavy atom. The minimum atomic E-state index is 0.262. The van der Waals surface area contributed by atoms with E-state index in [9.17, 15) is 0 Å². The lowest BCUT2D eigenvalue weighted by Gasteiger charge is -2.30. The molecule has 0 aliphatic carbocycles. The average Bonchev–Trinajstić information content (AvgIpc) is 3.78. The maximum Gasteiger partial charge on any atom is 0.128 e. The Morgan fingerprint density at radius 1 is 0.872 bits per heavy atom. The molecule has 8 rings (SSSR count). The zero-order valence-corrected chi connectivity index (χ0v) is 22.0. The van der Waals surface area contributed by atoms with Crippen LogP contribution in [0.1, 0.15) is 60.5 Å². The molecule has 200 valence electrons. The first-order chi connectivity index (χ1) is 19.2. The molecule has 4 aliphatic heterocycles. The molecule has 39 heavy (non-hydrogen) atoms. The van der Waals surface area contributed by atoms with E-state index in [0.29, 0.717) is 26.0 Å². The Labute approximate surface area is 226 Å². The normalized spacial score (nSPS) is 21.6. The minimum absolute atomic E-state index is 0.262. The number of ether oxygens (including phenoxy) is 3. The average molecular weight is 525 g/mol. The molecule has 9 heteroatoms. The summed E-state index contributed by atoms with van der Waals surface area (Å²) >= 11 is 0. The Morgan fingerprint density at radius 2 is 1.54 bits per heavy atom. The fourth-order valence-corrected chi connectivity index (χ4v) is 6.68. The molecule has 0 bridgehead atoms. The molecule has 0 spiro atoms. The van der Waals surface area contributed by atoms with Gasteiger partial charge in [-0.3, -0.25) is 4.90 Å². The number of hydrogen-bond donors (Lipinski definition) is 3. The number of benzene rings is 2. The molecular weight excluding hydrogens is 492 g/mol. The van der Waals surface area contributed by atoms with E-state index in [1.54, 1.807) is 7.11 Å². The van der Waals surface area contributed by atoms with Crippen LogP contribution in [0.5, 0.6) is 11.5 Å². The largest absolute Gasteiger partial charge is 0.488 e. The van der Waals surface area contributed by atoms with Gasteiger partial charge in [0.25, 0.3) is 0 Å².